The molecule has 0 saturated carbocycles. The van der Waals surface area contributed by atoms with Gasteiger partial charge in [0.15, 0.2) is 5.78 Å². The summed E-state index contributed by atoms with van der Waals surface area (Å²) < 4.78 is 11.6. The zero-order valence-electron chi connectivity index (χ0n) is 14.1. The minimum atomic E-state index is -0.616. The molecule has 1 fully saturated rings. The number of amides is 1. The summed E-state index contributed by atoms with van der Waals surface area (Å²) in [5.74, 6) is 0.713. The summed E-state index contributed by atoms with van der Waals surface area (Å²) in [4.78, 5) is 26.3. The van der Waals surface area contributed by atoms with E-state index in [2.05, 4.69) is 0 Å². The first-order valence-corrected chi connectivity index (χ1v) is 7.98. The lowest BCUT2D eigenvalue weighted by molar-refractivity contribution is 0.0171. The molecule has 1 amide bonds. The molecule has 0 N–H and O–H groups in total. The first kappa shape index (κ1) is 15.8. The minimum absolute atomic E-state index is 0.0808. The number of nitrogens with zero attached hydrogens (tertiary/aromatic N) is 1. The van der Waals surface area contributed by atoms with Crippen molar-refractivity contribution in [1.29, 1.82) is 0 Å². The van der Waals surface area contributed by atoms with Crippen molar-refractivity contribution in [3.63, 3.8) is 0 Å². The van der Waals surface area contributed by atoms with E-state index in [0.717, 1.165) is 5.56 Å². The molecule has 1 atom stereocenters. The van der Waals surface area contributed by atoms with Crippen molar-refractivity contribution in [3.05, 3.63) is 29.3 Å². The van der Waals surface area contributed by atoms with Crippen LogP contribution in [0.5, 0.6) is 5.75 Å². The van der Waals surface area contributed by atoms with Crippen molar-refractivity contribution in [3.8, 4) is 5.75 Å². The number of rotatable bonds is 0. The lowest BCUT2D eigenvalue weighted by Crippen LogP contribution is -2.46. The Balaban J connectivity index is 1.78. The number of ketones is 1. The Hall–Kier alpha value is -2.04. The van der Waals surface area contributed by atoms with Gasteiger partial charge in [-0.15, -0.1) is 0 Å². The van der Waals surface area contributed by atoms with Crippen LogP contribution in [-0.2, 0) is 4.74 Å². The van der Waals surface area contributed by atoms with Gasteiger partial charge in [-0.1, -0.05) is 6.07 Å². The third-order valence-corrected chi connectivity index (χ3v) is 4.21. The first-order valence-electron chi connectivity index (χ1n) is 7.98. The number of benzene rings is 1. The van der Waals surface area contributed by atoms with Crippen molar-refractivity contribution in [2.75, 3.05) is 13.1 Å². The van der Waals surface area contributed by atoms with E-state index in [4.69, 9.17) is 9.47 Å². The molecule has 0 bridgehead atoms. The number of aryl methyl sites for hydroxylation is 1. The maximum atomic E-state index is 12.4. The molecule has 1 aromatic rings. The van der Waals surface area contributed by atoms with Crippen LogP contribution in [0.1, 0.15) is 49.5 Å². The molecule has 2 heterocycles. The van der Waals surface area contributed by atoms with Gasteiger partial charge in [0.25, 0.3) is 0 Å². The summed E-state index contributed by atoms with van der Waals surface area (Å²) in [6.07, 6.45) is 0.605. The van der Waals surface area contributed by atoms with Crippen molar-refractivity contribution in [2.45, 2.75) is 51.7 Å². The number of fused-ring (bicyclic) bond motifs is 1. The van der Waals surface area contributed by atoms with Crippen LogP contribution in [0.2, 0.25) is 0 Å². The van der Waals surface area contributed by atoms with E-state index in [1.807, 2.05) is 45.9 Å². The molecule has 0 aromatic heterocycles. The molecule has 2 aliphatic rings. The Labute approximate surface area is 136 Å². The Morgan fingerprint density at radius 3 is 2.78 bits per heavy atom. The largest absolute Gasteiger partial charge is 0.484 e. The second-order valence-corrected chi connectivity index (χ2v) is 7.54. The highest BCUT2D eigenvalue weighted by molar-refractivity contribution is 6.00. The van der Waals surface area contributed by atoms with Gasteiger partial charge in [0.1, 0.15) is 17.0 Å². The van der Waals surface area contributed by atoms with Crippen molar-refractivity contribution >= 4 is 11.9 Å². The number of hydrogen-bond donors (Lipinski definition) is 0. The predicted molar refractivity (Wildman–Crippen MR) is 85.9 cm³/mol. The molecule has 1 spiro atoms. The summed E-state index contributed by atoms with van der Waals surface area (Å²) in [6.45, 7) is 8.44. The Morgan fingerprint density at radius 2 is 2.09 bits per heavy atom. The fourth-order valence-electron chi connectivity index (χ4n) is 3.16. The highest BCUT2D eigenvalue weighted by Crippen LogP contribution is 2.39. The number of carbonyl (C=O) groups is 2. The SMILES string of the molecule is Cc1ccc2c(c1)O[C@@]1(CCN(C(=O)OC(C)(C)C)C1)CC2=O. The normalized spacial score (nSPS) is 23.7. The van der Waals surface area contributed by atoms with E-state index in [0.29, 0.717) is 37.2 Å². The van der Waals surface area contributed by atoms with Crippen molar-refractivity contribution in [1.82, 2.24) is 4.90 Å². The van der Waals surface area contributed by atoms with Crippen LogP contribution in [0.25, 0.3) is 0 Å². The third-order valence-electron chi connectivity index (χ3n) is 4.21. The molecular formula is C18H23NO4. The number of likely N-dealkylation sites (tertiary alicyclic amines) is 1. The van der Waals surface area contributed by atoms with Gasteiger partial charge < -0.3 is 14.4 Å². The molecule has 23 heavy (non-hydrogen) atoms. The van der Waals surface area contributed by atoms with Gasteiger partial charge in [0.05, 0.1) is 18.5 Å². The maximum Gasteiger partial charge on any atom is 0.410 e. The molecule has 3 rings (SSSR count). The monoisotopic (exact) mass is 317 g/mol. The smallest absolute Gasteiger partial charge is 0.410 e. The van der Waals surface area contributed by atoms with E-state index < -0.39 is 11.2 Å². The highest BCUT2D eigenvalue weighted by atomic mass is 16.6. The molecule has 5 heteroatoms. The number of ether oxygens (including phenoxy) is 2. The zero-order chi connectivity index (χ0) is 16.8. The molecule has 0 aliphatic carbocycles. The molecule has 1 aromatic carbocycles. The Kier molecular flexibility index (Phi) is 3.62. The third kappa shape index (κ3) is 3.19. The summed E-state index contributed by atoms with van der Waals surface area (Å²) in [5.41, 5.74) is 0.543. The molecule has 0 unspecified atom stereocenters. The van der Waals surface area contributed by atoms with Crippen LogP contribution in [0.3, 0.4) is 0 Å². The van der Waals surface area contributed by atoms with E-state index in [9.17, 15) is 9.59 Å². The molecule has 5 nitrogen and oxygen atoms in total. The maximum absolute atomic E-state index is 12.4. The summed E-state index contributed by atoms with van der Waals surface area (Å²) >= 11 is 0. The number of carbonyl (C=O) groups excluding carboxylic acids is 2. The predicted octanol–water partition coefficient (Wildman–Crippen LogP) is 3.34. The standard InChI is InChI=1S/C18H23NO4/c1-12-5-6-13-14(20)10-18(22-15(13)9-12)7-8-19(11-18)16(21)23-17(2,3)4/h5-6,9H,7-8,10-11H2,1-4H3/t18-/m0/s1. The summed E-state index contributed by atoms with van der Waals surface area (Å²) in [7, 11) is 0. The molecule has 124 valence electrons. The van der Waals surface area contributed by atoms with Gasteiger partial charge >= 0.3 is 6.09 Å². The second kappa shape index (κ2) is 5.25. The molecular weight excluding hydrogens is 294 g/mol. The van der Waals surface area contributed by atoms with Crippen LogP contribution in [-0.4, -0.2) is 41.1 Å². The van der Waals surface area contributed by atoms with Crippen LogP contribution < -0.4 is 4.74 Å². The minimum Gasteiger partial charge on any atom is -0.484 e. The lowest BCUT2D eigenvalue weighted by atomic mass is 9.89. The highest BCUT2D eigenvalue weighted by Gasteiger charge is 2.47. The average molecular weight is 317 g/mol. The fraction of sp³-hybridized carbons (Fsp3) is 0.556. The number of Topliss-reactive ketones (excluding diaryl/α,β-unsaturated/α-hetero) is 1. The second-order valence-electron chi connectivity index (χ2n) is 7.54. The lowest BCUT2D eigenvalue weighted by Gasteiger charge is -2.35. The van der Waals surface area contributed by atoms with Gasteiger partial charge in [0.2, 0.25) is 0 Å². The van der Waals surface area contributed by atoms with E-state index in [-0.39, 0.29) is 11.9 Å². The molecule has 1 saturated heterocycles. The Bertz CT molecular complexity index is 661. The molecule has 0 radical (unpaired) electrons. The van der Waals surface area contributed by atoms with Crippen LogP contribution in [0.4, 0.5) is 4.79 Å². The van der Waals surface area contributed by atoms with E-state index in [1.165, 1.54) is 0 Å². The Morgan fingerprint density at radius 1 is 1.35 bits per heavy atom. The van der Waals surface area contributed by atoms with Crippen molar-refractivity contribution < 1.29 is 19.1 Å². The van der Waals surface area contributed by atoms with Crippen molar-refractivity contribution in [2.24, 2.45) is 0 Å². The average Bonchev–Trinajstić information content (AvgIpc) is 2.79. The van der Waals surface area contributed by atoms with Crippen LogP contribution in [0, 0.1) is 6.92 Å². The van der Waals surface area contributed by atoms with Gasteiger partial charge in [-0.25, -0.2) is 4.79 Å². The van der Waals surface area contributed by atoms with Gasteiger partial charge in [-0.3, -0.25) is 4.79 Å². The summed E-state index contributed by atoms with van der Waals surface area (Å²) in [6, 6.07) is 5.63. The number of hydrogen-bond acceptors (Lipinski definition) is 4. The quantitative estimate of drug-likeness (QED) is 0.736. The molecule has 2 aliphatic heterocycles. The van der Waals surface area contributed by atoms with Crippen LogP contribution in [0.15, 0.2) is 18.2 Å². The van der Waals surface area contributed by atoms with E-state index in [1.54, 1.807) is 4.90 Å². The van der Waals surface area contributed by atoms with Gasteiger partial charge in [0, 0.05) is 13.0 Å². The summed E-state index contributed by atoms with van der Waals surface area (Å²) in [5, 5.41) is 0. The van der Waals surface area contributed by atoms with Gasteiger partial charge in [-0.05, 0) is 45.4 Å². The van der Waals surface area contributed by atoms with E-state index >= 15 is 0 Å². The van der Waals surface area contributed by atoms with Crippen LogP contribution >= 0.6 is 0 Å². The topological polar surface area (TPSA) is 55.8 Å². The first-order chi connectivity index (χ1) is 10.7. The van der Waals surface area contributed by atoms with Gasteiger partial charge in [-0.2, -0.15) is 0 Å². The zero-order valence-corrected chi connectivity index (χ0v) is 14.1. The fourth-order valence-corrected chi connectivity index (χ4v) is 3.16.